The van der Waals surface area contributed by atoms with Crippen molar-refractivity contribution < 1.29 is 22.6 Å². The molecule has 96 valence electrons. The first-order valence-corrected chi connectivity index (χ1v) is 7.27. The van der Waals surface area contributed by atoms with Crippen LogP contribution in [0.2, 0.25) is 0 Å². The van der Waals surface area contributed by atoms with Gasteiger partial charge in [0.2, 0.25) is 0 Å². The van der Waals surface area contributed by atoms with Crippen LogP contribution in [0, 0.1) is 0 Å². The lowest BCUT2D eigenvalue weighted by Gasteiger charge is -2.31. The van der Waals surface area contributed by atoms with Crippen molar-refractivity contribution in [3.8, 4) is 0 Å². The van der Waals surface area contributed by atoms with E-state index in [4.69, 9.17) is 14.2 Å². The van der Waals surface area contributed by atoms with Crippen molar-refractivity contribution in [1.82, 2.24) is 0 Å². The van der Waals surface area contributed by atoms with E-state index in [1.54, 1.807) is 0 Å². The van der Waals surface area contributed by atoms with Crippen LogP contribution in [0.15, 0.2) is 0 Å². The Morgan fingerprint density at radius 2 is 1.38 bits per heavy atom. The van der Waals surface area contributed by atoms with Gasteiger partial charge < -0.3 is 14.2 Å². The Morgan fingerprint density at radius 3 is 1.69 bits per heavy atom. The number of sulfone groups is 1. The molecule has 0 aromatic carbocycles. The zero-order valence-corrected chi connectivity index (χ0v) is 11.0. The molecule has 1 heterocycles. The fourth-order valence-corrected chi connectivity index (χ4v) is 2.76. The van der Waals surface area contributed by atoms with E-state index in [1.807, 2.05) is 27.7 Å². The molecule has 0 aromatic heterocycles. The Morgan fingerprint density at radius 1 is 1.00 bits per heavy atom. The van der Waals surface area contributed by atoms with E-state index in [9.17, 15) is 8.42 Å². The molecule has 16 heavy (non-hydrogen) atoms. The van der Waals surface area contributed by atoms with Crippen LogP contribution >= 0.6 is 0 Å². The highest BCUT2D eigenvalue weighted by molar-refractivity contribution is 7.91. The molecule has 5 nitrogen and oxygen atoms in total. The molecule has 1 aliphatic rings. The van der Waals surface area contributed by atoms with Crippen molar-refractivity contribution in [2.24, 2.45) is 0 Å². The van der Waals surface area contributed by atoms with Crippen LogP contribution in [0.1, 0.15) is 27.7 Å². The second-order valence-corrected chi connectivity index (χ2v) is 6.60. The van der Waals surface area contributed by atoms with Crippen molar-refractivity contribution in [3.05, 3.63) is 0 Å². The summed E-state index contributed by atoms with van der Waals surface area (Å²) in [6.07, 6.45) is -1.58. The van der Waals surface area contributed by atoms with E-state index >= 15 is 0 Å². The minimum absolute atomic E-state index is 0.0713. The predicted octanol–water partition coefficient (Wildman–Crippen LogP) is 0.934. The summed E-state index contributed by atoms with van der Waals surface area (Å²) < 4.78 is 39.3. The fraction of sp³-hybridized carbons (Fsp3) is 1.00. The van der Waals surface area contributed by atoms with Crippen molar-refractivity contribution >= 4 is 9.84 Å². The highest BCUT2D eigenvalue weighted by Gasteiger charge is 2.34. The molecule has 6 heteroatoms. The van der Waals surface area contributed by atoms with E-state index in [-0.39, 0.29) is 23.7 Å². The van der Waals surface area contributed by atoms with Gasteiger partial charge in [-0.1, -0.05) is 0 Å². The standard InChI is InChI=1S/C10H20O5S/c1-7(2)13-9-5-16(11,12)6-10(15-9)14-8(3)4/h7-10H,5-6H2,1-4H3/t9-,10+. The Kier molecular flexibility index (Phi) is 4.73. The smallest absolute Gasteiger partial charge is 0.175 e. The van der Waals surface area contributed by atoms with Crippen LogP contribution in [0.25, 0.3) is 0 Å². The van der Waals surface area contributed by atoms with Crippen LogP contribution in [0.4, 0.5) is 0 Å². The quantitative estimate of drug-likeness (QED) is 0.745. The van der Waals surface area contributed by atoms with Crippen LogP contribution in [-0.4, -0.2) is 44.7 Å². The maximum absolute atomic E-state index is 11.6. The molecule has 0 bridgehead atoms. The van der Waals surface area contributed by atoms with Gasteiger partial charge in [-0.15, -0.1) is 0 Å². The van der Waals surface area contributed by atoms with Crippen molar-refractivity contribution in [3.63, 3.8) is 0 Å². The molecule has 0 aromatic rings. The number of hydrogen-bond acceptors (Lipinski definition) is 5. The van der Waals surface area contributed by atoms with E-state index in [0.717, 1.165) is 0 Å². The van der Waals surface area contributed by atoms with Gasteiger partial charge in [-0.3, -0.25) is 0 Å². The Hall–Kier alpha value is -0.170. The van der Waals surface area contributed by atoms with Gasteiger partial charge in [0.05, 0.1) is 12.2 Å². The second-order valence-electron chi connectivity index (χ2n) is 4.44. The minimum Gasteiger partial charge on any atom is -0.349 e. The van der Waals surface area contributed by atoms with E-state index in [1.165, 1.54) is 0 Å². The molecule has 1 aliphatic heterocycles. The zero-order chi connectivity index (χ0) is 12.3. The third-order valence-electron chi connectivity index (χ3n) is 1.93. The number of hydrogen-bond donors (Lipinski definition) is 0. The van der Waals surface area contributed by atoms with Gasteiger partial charge in [-0.05, 0) is 27.7 Å². The lowest BCUT2D eigenvalue weighted by molar-refractivity contribution is -0.251. The summed E-state index contributed by atoms with van der Waals surface area (Å²) >= 11 is 0. The topological polar surface area (TPSA) is 61.8 Å². The second kappa shape index (κ2) is 5.44. The van der Waals surface area contributed by atoms with Crippen LogP contribution in [0.5, 0.6) is 0 Å². The summed E-state index contributed by atoms with van der Waals surface area (Å²) in [6.45, 7) is 7.34. The van der Waals surface area contributed by atoms with Gasteiger partial charge in [-0.25, -0.2) is 8.42 Å². The third-order valence-corrected chi connectivity index (χ3v) is 3.49. The van der Waals surface area contributed by atoms with Crippen molar-refractivity contribution in [1.29, 1.82) is 0 Å². The molecule has 0 amide bonds. The zero-order valence-electron chi connectivity index (χ0n) is 10.2. The molecule has 2 atom stereocenters. The van der Waals surface area contributed by atoms with Gasteiger partial charge in [0.15, 0.2) is 22.4 Å². The average molecular weight is 252 g/mol. The lowest BCUT2D eigenvalue weighted by atomic mass is 10.5. The van der Waals surface area contributed by atoms with Gasteiger partial charge in [-0.2, -0.15) is 0 Å². The van der Waals surface area contributed by atoms with E-state index < -0.39 is 22.4 Å². The summed E-state index contributed by atoms with van der Waals surface area (Å²) in [5.41, 5.74) is 0. The van der Waals surface area contributed by atoms with Crippen LogP contribution < -0.4 is 0 Å². The molecule has 0 N–H and O–H groups in total. The van der Waals surface area contributed by atoms with E-state index in [0.29, 0.717) is 0 Å². The molecule has 1 saturated heterocycles. The lowest BCUT2D eigenvalue weighted by Crippen LogP contribution is -2.45. The third kappa shape index (κ3) is 4.78. The molecular formula is C10H20O5S. The largest absolute Gasteiger partial charge is 0.349 e. The molecule has 1 fully saturated rings. The Balaban J connectivity index is 2.62. The highest BCUT2D eigenvalue weighted by Crippen LogP contribution is 2.17. The molecular weight excluding hydrogens is 232 g/mol. The first-order chi connectivity index (χ1) is 7.28. The monoisotopic (exact) mass is 252 g/mol. The highest BCUT2D eigenvalue weighted by atomic mass is 32.2. The van der Waals surface area contributed by atoms with Crippen LogP contribution in [-0.2, 0) is 24.0 Å². The summed E-state index contributed by atoms with van der Waals surface area (Å²) in [5, 5.41) is 0. The Bertz CT molecular complexity index is 285. The average Bonchev–Trinajstić information content (AvgIpc) is 1.95. The Labute approximate surface area is 97.0 Å². The van der Waals surface area contributed by atoms with E-state index in [2.05, 4.69) is 0 Å². The molecule has 0 saturated carbocycles. The van der Waals surface area contributed by atoms with Gasteiger partial charge >= 0.3 is 0 Å². The number of ether oxygens (including phenoxy) is 3. The van der Waals surface area contributed by atoms with Gasteiger partial charge in [0.25, 0.3) is 0 Å². The molecule has 0 spiro atoms. The predicted molar refractivity (Wildman–Crippen MR) is 59.8 cm³/mol. The van der Waals surface area contributed by atoms with Crippen LogP contribution in [0.3, 0.4) is 0 Å². The van der Waals surface area contributed by atoms with Gasteiger partial charge in [0, 0.05) is 0 Å². The fourth-order valence-electron chi connectivity index (χ4n) is 1.48. The summed E-state index contributed by atoms with van der Waals surface area (Å²) in [5.74, 6) is -0.188. The molecule has 1 rings (SSSR count). The van der Waals surface area contributed by atoms with Crippen molar-refractivity contribution in [2.45, 2.75) is 52.5 Å². The summed E-state index contributed by atoms with van der Waals surface area (Å²) in [6, 6.07) is 0. The molecule has 0 radical (unpaired) electrons. The molecule has 0 aliphatic carbocycles. The summed E-state index contributed by atoms with van der Waals surface area (Å²) in [4.78, 5) is 0. The van der Waals surface area contributed by atoms with Gasteiger partial charge in [0.1, 0.15) is 11.5 Å². The maximum Gasteiger partial charge on any atom is 0.175 e. The first kappa shape index (κ1) is 13.9. The SMILES string of the molecule is CC(C)O[C@H]1CS(=O)(=O)C[C@@H](OC(C)C)O1. The minimum atomic E-state index is -3.15. The number of rotatable bonds is 4. The first-order valence-electron chi connectivity index (χ1n) is 5.45. The summed E-state index contributed by atoms with van der Waals surface area (Å²) in [7, 11) is -3.15. The van der Waals surface area contributed by atoms with Crippen molar-refractivity contribution in [2.75, 3.05) is 11.5 Å². The normalized spacial score (nSPS) is 29.9. The maximum atomic E-state index is 11.6. The molecule has 0 unspecified atom stereocenters.